The SMILES string of the molecule is COCC1(C(=O)NCCc2ccc(OC)c(OC)c2OC)CCNCC1.Cl. The largest absolute Gasteiger partial charge is 0.493 e. The van der Waals surface area contributed by atoms with E-state index in [9.17, 15) is 4.79 Å². The summed E-state index contributed by atoms with van der Waals surface area (Å²) in [6, 6.07) is 3.78. The second kappa shape index (κ2) is 11.2. The Morgan fingerprint density at radius 1 is 1.07 bits per heavy atom. The van der Waals surface area contributed by atoms with Crippen LogP contribution in [0.3, 0.4) is 0 Å². The van der Waals surface area contributed by atoms with E-state index in [0.29, 0.717) is 36.8 Å². The number of methoxy groups -OCH3 is 4. The van der Waals surface area contributed by atoms with Gasteiger partial charge in [-0.15, -0.1) is 12.4 Å². The van der Waals surface area contributed by atoms with Gasteiger partial charge in [0, 0.05) is 19.2 Å². The molecule has 0 saturated carbocycles. The van der Waals surface area contributed by atoms with Crippen molar-refractivity contribution in [2.45, 2.75) is 19.3 Å². The molecule has 1 saturated heterocycles. The molecule has 27 heavy (non-hydrogen) atoms. The summed E-state index contributed by atoms with van der Waals surface area (Å²) in [6.07, 6.45) is 2.20. The zero-order valence-corrected chi connectivity index (χ0v) is 17.4. The molecule has 1 amide bonds. The summed E-state index contributed by atoms with van der Waals surface area (Å²) in [7, 11) is 6.41. The average Bonchev–Trinajstić information content (AvgIpc) is 2.68. The average molecular weight is 403 g/mol. The quantitative estimate of drug-likeness (QED) is 0.656. The van der Waals surface area contributed by atoms with Gasteiger partial charge >= 0.3 is 0 Å². The standard InChI is InChI=1S/C19H30N2O5.ClH/c1-23-13-19(8-11-20-12-9-19)18(22)21-10-7-14-5-6-15(24-2)17(26-4)16(14)25-3;/h5-6,20H,7-13H2,1-4H3,(H,21,22);1H. The van der Waals surface area contributed by atoms with Crippen molar-refractivity contribution in [2.75, 3.05) is 54.7 Å². The van der Waals surface area contributed by atoms with Crippen LogP contribution < -0.4 is 24.8 Å². The second-order valence-corrected chi connectivity index (χ2v) is 6.46. The van der Waals surface area contributed by atoms with E-state index in [1.54, 1.807) is 28.4 Å². The lowest BCUT2D eigenvalue weighted by Crippen LogP contribution is -2.50. The summed E-state index contributed by atoms with van der Waals surface area (Å²) in [5.74, 6) is 1.87. The lowest BCUT2D eigenvalue weighted by Gasteiger charge is -2.35. The summed E-state index contributed by atoms with van der Waals surface area (Å²) in [5.41, 5.74) is 0.512. The topological polar surface area (TPSA) is 78.1 Å². The summed E-state index contributed by atoms with van der Waals surface area (Å²) >= 11 is 0. The molecule has 0 aliphatic carbocycles. The molecule has 0 spiro atoms. The first kappa shape index (κ1) is 23.3. The van der Waals surface area contributed by atoms with Gasteiger partial charge in [-0.2, -0.15) is 0 Å². The molecule has 2 rings (SSSR count). The van der Waals surface area contributed by atoms with Crippen molar-refractivity contribution in [3.63, 3.8) is 0 Å². The molecule has 7 nitrogen and oxygen atoms in total. The van der Waals surface area contributed by atoms with E-state index in [1.165, 1.54) is 0 Å². The van der Waals surface area contributed by atoms with Gasteiger partial charge in [-0.1, -0.05) is 6.07 Å². The van der Waals surface area contributed by atoms with E-state index in [-0.39, 0.29) is 18.3 Å². The van der Waals surface area contributed by atoms with Gasteiger partial charge in [0.25, 0.3) is 0 Å². The van der Waals surface area contributed by atoms with Crippen molar-refractivity contribution in [1.82, 2.24) is 10.6 Å². The highest BCUT2D eigenvalue weighted by Crippen LogP contribution is 2.39. The third-order valence-corrected chi connectivity index (χ3v) is 4.93. The molecular weight excluding hydrogens is 372 g/mol. The van der Waals surface area contributed by atoms with Crippen molar-refractivity contribution in [1.29, 1.82) is 0 Å². The molecule has 0 atom stereocenters. The van der Waals surface area contributed by atoms with E-state index in [1.807, 2.05) is 12.1 Å². The number of benzene rings is 1. The number of halogens is 1. The van der Waals surface area contributed by atoms with Gasteiger partial charge in [0.2, 0.25) is 11.7 Å². The monoisotopic (exact) mass is 402 g/mol. The maximum Gasteiger partial charge on any atom is 0.228 e. The third-order valence-electron chi connectivity index (χ3n) is 4.93. The first-order valence-corrected chi connectivity index (χ1v) is 8.87. The minimum atomic E-state index is -0.443. The summed E-state index contributed by atoms with van der Waals surface area (Å²) in [6.45, 7) is 2.63. The van der Waals surface area contributed by atoms with Crippen LogP contribution in [0.15, 0.2) is 12.1 Å². The molecule has 0 aromatic heterocycles. The van der Waals surface area contributed by atoms with Crippen molar-refractivity contribution in [3.8, 4) is 17.2 Å². The Kier molecular flexibility index (Phi) is 9.69. The molecule has 154 valence electrons. The molecule has 0 bridgehead atoms. The summed E-state index contributed by atoms with van der Waals surface area (Å²) in [4.78, 5) is 12.8. The smallest absolute Gasteiger partial charge is 0.228 e. The van der Waals surface area contributed by atoms with Crippen molar-refractivity contribution < 1.29 is 23.7 Å². The fourth-order valence-electron chi connectivity index (χ4n) is 3.48. The van der Waals surface area contributed by atoms with Gasteiger partial charge < -0.3 is 29.6 Å². The first-order chi connectivity index (χ1) is 12.6. The minimum Gasteiger partial charge on any atom is -0.493 e. The highest BCUT2D eigenvalue weighted by Gasteiger charge is 2.39. The fraction of sp³-hybridized carbons (Fsp3) is 0.632. The zero-order valence-electron chi connectivity index (χ0n) is 16.6. The van der Waals surface area contributed by atoms with Crippen LogP contribution in [0.25, 0.3) is 0 Å². The maximum atomic E-state index is 12.8. The minimum absolute atomic E-state index is 0. The van der Waals surface area contributed by atoms with Gasteiger partial charge in [0.1, 0.15) is 0 Å². The highest BCUT2D eigenvalue weighted by atomic mass is 35.5. The Hall–Kier alpha value is -1.70. The van der Waals surface area contributed by atoms with Crippen molar-refractivity contribution in [3.05, 3.63) is 17.7 Å². The molecule has 1 aromatic carbocycles. The van der Waals surface area contributed by atoms with Crippen LogP contribution in [0.4, 0.5) is 0 Å². The summed E-state index contributed by atoms with van der Waals surface area (Å²) in [5, 5.41) is 6.36. The third kappa shape index (κ3) is 5.40. The number of hydrogen-bond acceptors (Lipinski definition) is 6. The van der Waals surface area contributed by atoms with Gasteiger partial charge in [-0.05, 0) is 38.4 Å². The number of ether oxygens (including phenoxy) is 4. The van der Waals surface area contributed by atoms with Gasteiger partial charge in [0.15, 0.2) is 11.5 Å². The molecule has 1 fully saturated rings. The number of nitrogens with one attached hydrogen (secondary N) is 2. The number of carbonyl (C=O) groups excluding carboxylic acids is 1. The van der Waals surface area contributed by atoms with Crippen LogP contribution in [-0.4, -0.2) is 60.6 Å². The lowest BCUT2D eigenvalue weighted by molar-refractivity contribution is -0.136. The Bertz CT molecular complexity index is 600. The van der Waals surface area contributed by atoms with Crippen molar-refractivity contribution in [2.24, 2.45) is 5.41 Å². The van der Waals surface area contributed by atoms with E-state index >= 15 is 0 Å². The number of hydrogen-bond donors (Lipinski definition) is 2. The summed E-state index contributed by atoms with van der Waals surface area (Å²) < 4.78 is 21.5. The zero-order chi connectivity index (χ0) is 19.0. The Morgan fingerprint density at radius 2 is 1.74 bits per heavy atom. The molecule has 0 radical (unpaired) electrons. The molecule has 0 unspecified atom stereocenters. The second-order valence-electron chi connectivity index (χ2n) is 6.46. The van der Waals surface area contributed by atoms with Crippen LogP contribution in [0.2, 0.25) is 0 Å². The predicted octanol–water partition coefficient (Wildman–Crippen LogP) is 1.81. The van der Waals surface area contributed by atoms with Crippen LogP contribution in [0, 0.1) is 5.41 Å². The molecule has 8 heteroatoms. The predicted molar refractivity (Wildman–Crippen MR) is 106 cm³/mol. The van der Waals surface area contributed by atoms with E-state index in [4.69, 9.17) is 18.9 Å². The van der Waals surface area contributed by atoms with Gasteiger partial charge in [-0.3, -0.25) is 4.79 Å². The van der Waals surface area contributed by atoms with Crippen LogP contribution in [-0.2, 0) is 16.0 Å². The number of amides is 1. The van der Waals surface area contributed by atoms with E-state index in [2.05, 4.69) is 10.6 Å². The Balaban J connectivity index is 0.00000364. The fourth-order valence-corrected chi connectivity index (χ4v) is 3.48. The van der Waals surface area contributed by atoms with Crippen LogP contribution in [0.5, 0.6) is 17.2 Å². The highest BCUT2D eigenvalue weighted by molar-refractivity contribution is 5.85. The van der Waals surface area contributed by atoms with E-state index < -0.39 is 5.41 Å². The Labute approximate surface area is 167 Å². The molecule has 1 aromatic rings. The Morgan fingerprint density at radius 3 is 2.30 bits per heavy atom. The van der Waals surface area contributed by atoms with E-state index in [0.717, 1.165) is 31.5 Å². The van der Waals surface area contributed by atoms with Gasteiger partial charge in [-0.25, -0.2) is 0 Å². The van der Waals surface area contributed by atoms with Crippen LogP contribution in [0.1, 0.15) is 18.4 Å². The van der Waals surface area contributed by atoms with Crippen molar-refractivity contribution >= 4 is 18.3 Å². The van der Waals surface area contributed by atoms with Crippen LogP contribution >= 0.6 is 12.4 Å². The molecule has 2 N–H and O–H groups in total. The number of piperidine rings is 1. The lowest BCUT2D eigenvalue weighted by atomic mass is 9.78. The maximum absolute atomic E-state index is 12.8. The normalized spacial score (nSPS) is 15.4. The molecule has 1 heterocycles. The molecule has 1 aliphatic heterocycles. The number of carbonyl (C=O) groups is 1. The number of rotatable bonds is 9. The van der Waals surface area contributed by atoms with Gasteiger partial charge in [0.05, 0.1) is 33.4 Å². The first-order valence-electron chi connectivity index (χ1n) is 8.87. The molecular formula is C19H31ClN2O5. The molecule has 1 aliphatic rings.